The first-order valence-electron chi connectivity index (χ1n) is 11.4. The minimum Gasteiger partial charge on any atom is -0.346 e. The first-order valence-corrected chi connectivity index (χ1v) is 11.4. The van der Waals surface area contributed by atoms with Gasteiger partial charge in [-0.25, -0.2) is 9.78 Å². The normalized spacial score (nSPS) is 20.0. The van der Waals surface area contributed by atoms with Crippen molar-refractivity contribution in [3.8, 4) is 11.3 Å². The minimum atomic E-state index is -0.539. The molecule has 8 nitrogen and oxygen atoms in total. The summed E-state index contributed by atoms with van der Waals surface area (Å²) in [6.07, 6.45) is 7.49. The van der Waals surface area contributed by atoms with Crippen LogP contribution in [-0.2, 0) is 17.5 Å². The number of aryl methyl sites for hydroxylation is 1. The van der Waals surface area contributed by atoms with Gasteiger partial charge in [-0.1, -0.05) is 6.07 Å². The smallest absolute Gasteiger partial charge is 0.318 e. The van der Waals surface area contributed by atoms with Gasteiger partial charge < -0.3 is 15.2 Å². The maximum atomic E-state index is 13.2. The third-order valence-corrected chi connectivity index (χ3v) is 7.19. The van der Waals surface area contributed by atoms with E-state index in [2.05, 4.69) is 37.1 Å². The number of hydrogen-bond acceptors (Lipinski definition) is 4. The van der Waals surface area contributed by atoms with Crippen molar-refractivity contribution in [2.75, 3.05) is 13.1 Å². The number of rotatable bonds is 3. The molecular formula is C25H27N7O. The number of urea groups is 1. The number of hydrogen-bond donors (Lipinski definition) is 2. The third kappa shape index (κ3) is 3.28. The van der Waals surface area contributed by atoms with Gasteiger partial charge in [-0.3, -0.25) is 9.67 Å². The van der Waals surface area contributed by atoms with Crippen molar-refractivity contribution >= 4 is 17.1 Å². The molecule has 0 saturated carbocycles. The zero-order chi connectivity index (χ0) is 22.6. The molecule has 4 aromatic heterocycles. The molecule has 6 rings (SSSR count). The van der Waals surface area contributed by atoms with E-state index < -0.39 is 5.54 Å². The Bertz CT molecular complexity index is 1340. The molecule has 0 aliphatic carbocycles. The van der Waals surface area contributed by atoms with E-state index in [0.29, 0.717) is 6.54 Å². The van der Waals surface area contributed by atoms with Crippen LogP contribution >= 0.6 is 0 Å². The largest absolute Gasteiger partial charge is 0.346 e. The molecule has 168 valence electrons. The fraction of sp³-hybridized carbons (Fsp3) is 0.360. The summed E-state index contributed by atoms with van der Waals surface area (Å²) in [7, 11) is 0. The summed E-state index contributed by atoms with van der Waals surface area (Å²) in [6, 6.07) is 12.1. The van der Waals surface area contributed by atoms with Crippen molar-refractivity contribution in [2.45, 2.75) is 44.2 Å². The molecule has 2 aliphatic rings. The van der Waals surface area contributed by atoms with Gasteiger partial charge in [0.15, 0.2) is 0 Å². The highest BCUT2D eigenvalue weighted by molar-refractivity contribution is 5.80. The van der Waals surface area contributed by atoms with E-state index >= 15 is 0 Å². The second kappa shape index (κ2) is 7.16. The predicted octanol–water partition coefficient (Wildman–Crippen LogP) is 3.81. The number of aromatic amines is 1. The monoisotopic (exact) mass is 441 g/mol. The SMILES string of the molecule is CC(C)(NC(=O)N1CCC2(CCn3nc(-c4cnc5[nH]ccc5c4)cc32)C1)c1ccccn1. The molecule has 4 aromatic rings. The Morgan fingerprint density at radius 1 is 1.15 bits per heavy atom. The molecule has 2 N–H and O–H groups in total. The van der Waals surface area contributed by atoms with E-state index in [4.69, 9.17) is 5.10 Å². The highest BCUT2D eigenvalue weighted by Gasteiger charge is 2.47. The number of nitrogens with one attached hydrogen (secondary N) is 2. The molecule has 0 radical (unpaired) electrons. The van der Waals surface area contributed by atoms with Crippen LogP contribution in [0.25, 0.3) is 22.3 Å². The summed E-state index contributed by atoms with van der Waals surface area (Å²) in [5.74, 6) is 0. The second-order valence-electron chi connectivity index (χ2n) is 9.75. The highest BCUT2D eigenvalue weighted by atomic mass is 16.2. The highest BCUT2D eigenvalue weighted by Crippen LogP contribution is 2.44. The molecule has 1 atom stereocenters. The standard InChI is InChI=1S/C25H27N7O/c1-24(2,20-5-3-4-9-26-20)29-23(33)31-11-7-25(16-31)8-12-32-21(25)14-19(30-32)18-13-17-6-10-27-22(17)28-15-18/h3-6,9-10,13-15H,7-8,11-12,16H2,1-2H3,(H,27,28)(H,29,33). The fourth-order valence-electron chi connectivity index (χ4n) is 5.28. The van der Waals surface area contributed by atoms with Crippen LogP contribution in [0, 0.1) is 0 Å². The average Bonchev–Trinajstić information content (AvgIpc) is 3.59. The van der Waals surface area contributed by atoms with Gasteiger partial charge in [-0.15, -0.1) is 0 Å². The summed E-state index contributed by atoms with van der Waals surface area (Å²) in [5.41, 5.74) is 4.34. The van der Waals surface area contributed by atoms with Crippen LogP contribution in [0.1, 0.15) is 38.1 Å². The molecule has 2 amide bonds. The lowest BCUT2D eigenvalue weighted by molar-refractivity contribution is 0.193. The minimum absolute atomic E-state index is 0.0383. The fourth-order valence-corrected chi connectivity index (χ4v) is 5.28. The molecule has 1 spiro atoms. The van der Waals surface area contributed by atoms with Gasteiger partial charge in [0.2, 0.25) is 0 Å². The topological polar surface area (TPSA) is 91.7 Å². The first-order chi connectivity index (χ1) is 15.9. The van der Waals surface area contributed by atoms with Gasteiger partial charge in [-0.05, 0) is 57.0 Å². The van der Waals surface area contributed by atoms with Gasteiger partial charge >= 0.3 is 6.03 Å². The summed E-state index contributed by atoms with van der Waals surface area (Å²) >= 11 is 0. The molecular weight excluding hydrogens is 414 g/mol. The Morgan fingerprint density at radius 3 is 2.88 bits per heavy atom. The molecule has 1 saturated heterocycles. The van der Waals surface area contributed by atoms with Crippen LogP contribution in [-0.4, -0.2) is 48.8 Å². The second-order valence-corrected chi connectivity index (χ2v) is 9.75. The summed E-state index contributed by atoms with van der Waals surface area (Å²) < 4.78 is 2.12. The molecule has 1 fully saturated rings. The zero-order valence-electron chi connectivity index (χ0n) is 18.9. The lowest BCUT2D eigenvalue weighted by Gasteiger charge is -2.30. The number of amides is 2. The van der Waals surface area contributed by atoms with Crippen molar-refractivity contribution in [3.63, 3.8) is 0 Å². The van der Waals surface area contributed by atoms with E-state index in [1.54, 1.807) is 6.20 Å². The van der Waals surface area contributed by atoms with Crippen molar-refractivity contribution in [1.82, 2.24) is 34.9 Å². The Labute approximate surface area is 192 Å². The van der Waals surface area contributed by atoms with Crippen LogP contribution in [0.3, 0.4) is 0 Å². The molecule has 0 aromatic carbocycles. The lowest BCUT2D eigenvalue weighted by atomic mass is 9.82. The number of fused-ring (bicyclic) bond motifs is 3. The zero-order valence-corrected chi connectivity index (χ0v) is 18.9. The van der Waals surface area contributed by atoms with Crippen molar-refractivity contribution < 1.29 is 4.79 Å². The lowest BCUT2D eigenvalue weighted by Crippen LogP contribution is -2.48. The van der Waals surface area contributed by atoms with Crippen molar-refractivity contribution in [2.24, 2.45) is 0 Å². The van der Waals surface area contributed by atoms with E-state index in [1.165, 1.54) is 5.69 Å². The number of pyridine rings is 2. The van der Waals surface area contributed by atoms with Gasteiger partial charge in [0.05, 0.1) is 16.9 Å². The molecule has 8 heteroatoms. The summed E-state index contributed by atoms with van der Waals surface area (Å²) in [5, 5.41) is 9.14. The number of H-pyrrole nitrogens is 1. The van der Waals surface area contributed by atoms with Crippen LogP contribution in [0.2, 0.25) is 0 Å². The Morgan fingerprint density at radius 2 is 2.03 bits per heavy atom. The van der Waals surface area contributed by atoms with Crippen LogP contribution in [0.5, 0.6) is 0 Å². The van der Waals surface area contributed by atoms with Gasteiger partial charge in [0.1, 0.15) is 5.65 Å². The van der Waals surface area contributed by atoms with Gasteiger partial charge in [0, 0.05) is 60.3 Å². The summed E-state index contributed by atoms with van der Waals surface area (Å²) in [4.78, 5) is 27.2. The third-order valence-electron chi connectivity index (χ3n) is 7.19. The number of likely N-dealkylation sites (tertiary alicyclic amines) is 1. The van der Waals surface area contributed by atoms with E-state index in [9.17, 15) is 4.79 Å². The number of aromatic nitrogens is 5. The van der Waals surface area contributed by atoms with E-state index in [0.717, 1.165) is 53.9 Å². The maximum absolute atomic E-state index is 13.2. The molecule has 2 aliphatic heterocycles. The number of carbonyl (C=O) groups excluding carboxylic acids is 1. The molecule has 1 unspecified atom stereocenters. The van der Waals surface area contributed by atoms with Crippen molar-refractivity contribution in [1.29, 1.82) is 0 Å². The van der Waals surface area contributed by atoms with Crippen LogP contribution in [0.4, 0.5) is 4.79 Å². The van der Waals surface area contributed by atoms with Crippen LogP contribution in [0.15, 0.2) is 55.0 Å². The molecule has 6 heterocycles. The van der Waals surface area contributed by atoms with Gasteiger partial charge in [0.25, 0.3) is 0 Å². The first kappa shape index (κ1) is 20.0. The quantitative estimate of drug-likeness (QED) is 0.506. The molecule has 33 heavy (non-hydrogen) atoms. The number of nitrogens with zero attached hydrogens (tertiary/aromatic N) is 5. The molecule has 0 bridgehead atoms. The predicted molar refractivity (Wildman–Crippen MR) is 126 cm³/mol. The van der Waals surface area contributed by atoms with E-state index in [1.807, 2.05) is 55.4 Å². The Hall–Kier alpha value is -3.68. The Balaban J connectivity index is 1.22. The van der Waals surface area contributed by atoms with Crippen molar-refractivity contribution in [3.05, 3.63) is 66.4 Å². The Kier molecular flexibility index (Phi) is 4.33. The van der Waals surface area contributed by atoms with Crippen LogP contribution < -0.4 is 5.32 Å². The maximum Gasteiger partial charge on any atom is 0.318 e. The van der Waals surface area contributed by atoms with Gasteiger partial charge in [-0.2, -0.15) is 5.10 Å². The summed E-state index contributed by atoms with van der Waals surface area (Å²) in [6.45, 7) is 6.31. The number of carbonyl (C=O) groups is 1. The average molecular weight is 442 g/mol. The van der Waals surface area contributed by atoms with E-state index in [-0.39, 0.29) is 11.4 Å².